The fourth-order valence-electron chi connectivity index (χ4n) is 8.71. The Morgan fingerprint density at radius 2 is 1.63 bits per heavy atom. The van der Waals surface area contributed by atoms with Gasteiger partial charge in [-0.15, -0.1) is 0 Å². The number of hydrogen-bond donors (Lipinski definition) is 1. The number of carbonyl (C=O) groups is 2. The molecule has 8 nitrogen and oxygen atoms in total. The normalized spacial score (nSPS) is 44.0. The lowest BCUT2D eigenvalue weighted by Gasteiger charge is -2.67. The lowest BCUT2D eigenvalue weighted by molar-refractivity contribution is -0.332. The Bertz CT molecular complexity index is 1180. The van der Waals surface area contributed by atoms with Gasteiger partial charge in [0.2, 0.25) is 0 Å². The van der Waals surface area contributed by atoms with E-state index in [9.17, 15) is 9.90 Å². The molecule has 0 aromatic carbocycles. The van der Waals surface area contributed by atoms with Crippen LogP contribution in [0.5, 0.6) is 0 Å². The van der Waals surface area contributed by atoms with Crippen molar-refractivity contribution >= 4 is 28.6 Å². The summed E-state index contributed by atoms with van der Waals surface area (Å²) in [6, 6.07) is 0. The summed E-state index contributed by atoms with van der Waals surface area (Å²) in [5, 5.41) is 12.3. The van der Waals surface area contributed by atoms with Crippen molar-refractivity contribution in [3.63, 3.8) is 0 Å². The van der Waals surface area contributed by atoms with Crippen LogP contribution in [0.3, 0.4) is 0 Å². The summed E-state index contributed by atoms with van der Waals surface area (Å²) in [5.74, 6) is -1.27. The maximum absolute atomic E-state index is 15.1. The Hall–Kier alpha value is -1.05. The molecule has 2 saturated heterocycles. The predicted octanol–water partition coefficient (Wildman–Crippen LogP) is 5.99. The molecule has 9 atom stereocenters. The third kappa shape index (κ3) is 4.17. The van der Waals surface area contributed by atoms with Crippen molar-refractivity contribution in [1.29, 1.82) is 0 Å². The van der Waals surface area contributed by atoms with Crippen molar-refractivity contribution < 1.29 is 37.8 Å². The Labute approximate surface area is 248 Å². The van der Waals surface area contributed by atoms with Gasteiger partial charge < -0.3 is 28.2 Å². The summed E-state index contributed by atoms with van der Waals surface area (Å²) in [6.07, 6.45) is -2.19. The molecule has 5 aliphatic rings. The highest BCUT2D eigenvalue weighted by Crippen LogP contribution is 2.67. The molecule has 232 valence electrons. The second-order valence-corrected chi connectivity index (χ2v) is 25.9. The van der Waals surface area contributed by atoms with Gasteiger partial charge in [-0.2, -0.15) is 0 Å². The van der Waals surface area contributed by atoms with Crippen LogP contribution in [0.15, 0.2) is 11.1 Å². The standard InChI is InChI=1S/C31H52O8Si2/c1-17-19(38-40(9,10)11)15-31-25(36-26(33)37-31)23-29(8,24(32)18(2)22(17)28(31,6)7)20(14-21-30(23,34)16-35-21)39-41(12,13)27(3,4)5/h18-21,23,25,34H,14-16H2,1-13H3/t18-,19+,20+,21-,23+,25+,29-,30+,31-/m1/s1. The van der Waals surface area contributed by atoms with Crippen LogP contribution in [0.1, 0.15) is 68.2 Å². The zero-order valence-electron chi connectivity index (χ0n) is 27.4. The zero-order chi connectivity index (χ0) is 30.9. The number of hydrogen-bond acceptors (Lipinski definition) is 8. The van der Waals surface area contributed by atoms with Crippen LogP contribution in [0.2, 0.25) is 37.8 Å². The summed E-state index contributed by atoms with van der Waals surface area (Å²) < 4.78 is 32.3. The minimum atomic E-state index is -2.36. The van der Waals surface area contributed by atoms with Gasteiger partial charge in [0.1, 0.15) is 11.4 Å². The molecule has 4 fully saturated rings. The monoisotopic (exact) mass is 608 g/mol. The molecule has 0 aromatic heterocycles. The number of ether oxygens (including phenoxy) is 3. The van der Waals surface area contributed by atoms with E-state index in [-0.39, 0.29) is 23.5 Å². The van der Waals surface area contributed by atoms with Crippen LogP contribution in [-0.2, 0) is 27.9 Å². The first-order chi connectivity index (χ1) is 18.4. The lowest BCUT2D eigenvalue weighted by Crippen LogP contribution is -2.80. The van der Waals surface area contributed by atoms with E-state index in [4.69, 9.17) is 23.1 Å². The van der Waals surface area contributed by atoms with Crippen LogP contribution in [0.25, 0.3) is 0 Å². The first-order valence-corrected chi connectivity index (χ1v) is 21.6. The van der Waals surface area contributed by atoms with Gasteiger partial charge in [0.25, 0.3) is 0 Å². The average molecular weight is 609 g/mol. The van der Waals surface area contributed by atoms with Crippen LogP contribution in [0, 0.1) is 22.7 Å². The quantitative estimate of drug-likeness (QED) is 0.236. The molecule has 0 unspecified atom stereocenters. The largest absolute Gasteiger partial charge is 0.509 e. The second kappa shape index (κ2) is 9.00. The molecule has 0 aromatic rings. The van der Waals surface area contributed by atoms with E-state index in [1.807, 2.05) is 13.8 Å². The second-order valence-electron chi connectivity index (χ2n) is 16.7. The topological polar surface area (TPSA) is 101 Å². The third-order valence-electron chi connectivity index (χ3n) is 11.8. The number of Topliss-reactive ketones (excluding diaryl/α,β-unsaturated/α-hetero) is 1. The van der Waals surface area contributed by atoms with E-state index < -0.39 is 75.0 Å². The van der Waals surface area contributed by atoms with Crippen LogP contribution in [0.4, 0.5) is 4.79 Å². The summed E-state index contributed by atoms with van der Waals surface area (Å²) >= 11 is 0. The van der Waals surface area contributed by atoms with E-state index >= 15 is 4.79 Å². The summed E-state index contributed by atoms with van der Waals surface area (Å²) in [6.45, 7) is 27.5. The van der Waals surface area contributed by atoms with E-state index in [1.54, 1.807) is 0 Å². The van der Waals surface area contributed by atoms with Crippen molar-refractivity contribution in [2.45, 2.75) is 142 Å². The Morgan fingerprint density at radius 3 is 2.15 bits per heavy atom. The number of rotatable bonds is 4. The molecule has 1 N–H and O–H groups in total. The number of fused-ring (bicyclic) bond motifs is 5. The molecule has 3 aliphatic carbocycles. The van der Waals surface area contributed by atoms with Gasteiger partial charge in [-0.05, 0) is 62.8 Å². The summed E-state index contributed by atoms with van der Waals surface area (Å²) in [4.78, 5) is 28.4. The van der Waals surface area contributed by atoms with Crippen LogP contribution < -0.4 is 0 Å². The van der Waals surface area contributed by atoms with Gasteiger partial charge in [-0.25, -0.2) is 4.79 Å². The highest BCUT2D eigenvalue weighted by atomic mass is 28.4. The maximum Gasteiger partial charge on any atom is 0.509 e. The van der Waals surface area contributed by atoms with Crippen LogP contribution in [-0.4, -0.2) is 75.9 Å². The number of carbonyl (C=O) groups excluding carboxylic acids is 2. The van der Waals surface area contributed by atoms with Gasteiger partial charge in [0.15, 0.2) is 28.3 Å². The van der Waals surface area contributed by atoms with Gasteiger partial charge in [0.05, 0.1) is 30.3 Å². The molecule has 41 heavy (non-hydrogen) atoms. The fourth-order valence-corrected chi connectivity index (χ4v) is 11.2. The van der Waals surface area contributed by atoms with Crippen molar-refractivity contribution in [3.8, 4) is 0 Å². The van der Waals surface area contributed by atoms with E-state index in [1.165, 1.54) is 0 Å². The smallest absolute Gasteiger partial charge is 0.426 e. The molecular formula is C31H52O8Si2. The van der Waals surface area contributed by atoms with Gasteiger partial charge in [-0.1, -0.05) is 41.5 Å². The Morgan fingerprint density at radius 1 is 1.02 bits per heavy atom. The van der Waals surface area contributed by atoms with E-state index in [2.05, 4.69) is 74.3 Å². The third-order valence-corrected chi connectivity index (χ3v) is 17.3. The molecule has 2 bridgehead atoms. The maximum atomic E-state index is 15.1. The summed E-state index contributed by atoms with van der Waals surface area (Å²) in [7, 11) is -4.39. The first kappa shape index (κ1) is 31.4. The van der Waals surface area contributed by atoms with Gasteiger partial charge in [-0.3, -0.25) is 4.79 Å². The zero-order valence-corrected chi connectivity index (χ0v) is 29.4. The molecule has 5 rings (SSSR count). The van der Waals surface area contributed by atoms with E-state index in [0.29, 0.717) is 12.8 Å². The van der Waals surface area contributed by atoms with Gasteiger partial charge in [0, 0.05) is 30.1 Å². The molecular weight excluding hydrogens is 557 g/mol. The molecule has 0 amide bonds. The Kier molecular flexibility index (Phi) is 6.89. The Balaban J connectivity index is 1.78. The van der Waals surface area contributed by atoms with Crippen molar-refractivity contribution in [2.75, 3.05) is 6.61 Å². The molecule has 1 spiro atoms. The average Bonchev–Trinajstić information content (AvgIpc) is 3.12. The highest BCUT2D eigenvalue weighted by Gasteiger charge is 2.79. The highest BCUT2D eigenvalue weighted by molar-refractivity contribution is 6.74. The SMILES string of the molecule is CC1=C2[C@@H](C)C(=O)[C@]3(C)[C@@H](O[Si](C)(C)C(C)(C)C)C[C@H]4OC[C@@]4(O)[C@H]3[C@@H]3OC(=O)O[C@@]3(C[C@@H]1O[Si](C)(C)C)C2(C)C. The van der Waals surface area contributed by atoms with Crippen molar-refractivity contribution in [2.24, 2.45) is 22.7 Å². The number of aliphatic hydroxyl groups is 1. The molecule has 2 aliphatic heterocycles. The molecule has 2 saturated carbocycles. The van der Waals surface area contributed by atoms with Crippen molar-refractivity contribution in [1.82, 2.24) is 0 Å². The summed E-state index contributed by atoms with van der Waals surface area (Å²) in [5.41, 5.74) is -2.41. The fraction of sp³-hybridized carbons (Fsp3) is 0.871. The van der Waals surface area contributed by atoms with Crippen LogP contribution >= 0.6 is 0 Å². The van der Waals surface area contributed by atoms with Crippen molar-refractivity contribution in [3.05, 3.63) is 11.1 Å². The van der Waals surface area contributed by atoms with E-state index in [0.717, 1.165) is 11.1 Å². The molecule has 0 radical (unpaired) electrons. The first-order valence-electron chi connectivity index (χ1n) is 15.3. The number of ketones is 1. The van der Waals surface area contributed by atoms with Gasteiger partial charge >= 0.3 is 6.16 Å². The predicted molar refractivity (Wildman–Crippen MR) is 161 cm³/mol. The minimum absolute atomic E-state index is 0.0117. The lowest BCUT2D eigenvalue weighted by atomic mass is 9.44. The molecule has 10 heteroatoms. The molecule has 2 heterocycles. The minimum Gasteiger partial charge on any atom is -0.426 e.